The molecule has 1 atom stereocenters. The molecule has 3 nitrogen and oxygen atoms in total. The van der Waals surface area contributed by atoms with Crippen LogP contribution in [0.25, 0.3) is 0 Å². The summed E-state index contributed by atoms with van der Waals surface area (Å²) < 4.78 is 16.8. The molecule has 1 aliphatic rings. The van der Waals surface area contributed by atoms with Crippen LogP contribution in [0.3, 0.4) is 0 Å². The molecule has 1 unspecified atom stereocenters. The van der Waals surface area contributed by atoms with Crippen LogP contribution in [0, 0.1) is 9.39 Å². The molecule has 0 spiro atoms. The minimum Gasteiger partial charge on any atom is -0.348 e. The molecule has 0 aliphatic carbocycles. The molecule has 0 saturated heterocycles. The highest BCUT2D eigenvalue weighted by atomic mass is 127. The summed E-state index contributed by atoms with van der Waals surface area (Å²) in [5, 5.41) is 4.02. The van der Waals surface area contributed by atoms with Gasteiger partial charge in [-0.15, -0.1) is 0 Å². The lowest BCUT2D eigenvalue weighted by molar-refractivity contribution is 0.293. The minimum absolute atomic E-state index is 0.0387. The molecular formula is C20H17FIN3S. The zero-order valence-corrected chi connectivity index (χ0v) is 16.9. The average molecular weight is 477 g/mol. The Labute approximate surface area is 171 Å². The Bertz CT molecular complexity index is 921. The Balaban J connectivity index is 1.66. The highest BCUT2D eigenvalue weighted by Crippen LogP contribution is 2.33. The van der Waals surface area contributed by atoms with Gasteiger partial charge in [-0.05, 0) is 88.9 Å². The molecule has 3 aromatic rings. The molecule has 0 radical (unpaired) electrons. The van der Waals surface area contributed by atoms with Crippen molar-refractivity contribution in [2.45, 2.75) is 12.6 Å². The fourth-order valence-electron chi connectivity index (χ4n) is 3.33. The second-order valence-electron chi connectivity index (χ2n) is 6.21. The number of aromatic nitrogens is 1. The van der Waals surface area contributed by atoms with Gasteiger partial charge in [0.2, 0.25) is 0 Å². The standard InChI is InChI=1S/C20H17FIN3S/c21-15-5-3-14(4-6-15)19-18-2-1-11-24(18)12-13-25(19)20(26)23-17-9-7-16(22)8-10-17/h1-11,19H,12-13H2,(H,23,26). The molecule has 0 bridgehead atoms. The number of anilines is 1. The van der Waals surface area contributed by atoms with Crippen molar-refractivity contribution in [3.05, 3.63) is 87.5 Å². The fraction of sp³-hybridized carbons (Fsp3) is 0.150. The quantitative estimate of drug-likeness (QED) is 0.413. The Hall–Kier alpha value is -1.93. The van der Waals surface area contributed by atoms with E-state index in [0.29, 0.717) is 5.11 Å². The van der Waals surface area contributed by atoms with Gasteiger partial charge in [-0.1, -0.05) is 12.1 Å². The van der Waals surface area contributed by atoms with Crippen molar-refractivity contribution in [1.82, 2.24) is 9.47 Å². The highest BCUT2D eigenvalue weighted by Gasteiger charge is 2.30. The van der Waals surface area contributed by atoms with E-state index in [1.54, 1.807) is 0 Å². The van der Waals surface area contributed by atoms with Gasteiger partial charge in [-0.2, -0.15) is 0 Å². The third-order valence-corrected chi connectivity index (χ3v) is 5.64. The predicted octanol–water partition coefficient (Wildman–Crippen LogP) is 5.03. The Morgan fingerprint density at radius 1 is 1.04 bits per heavy atom. The van der Waals surface area contributed by atoms with Crippen LogP contribution in [0.4, 0.5) is 10.1 Å². The first kappa shape index (κ1) is 17.5. The molecule has 1 aliphatic heterocycles. The van der Waals surface area contributed by atoms with Crippen molar-refractivity contribution in [1.29, 1.82) is 0 Å². The number of hydrogen-bond donors (Lipinski definition) is 1. The summed E-state index contributed by atoms with van der Waals surface area (Å²) in [5.74, 6) is -0.230. The van der Waals surface area contributed by atoms with E-state index in [9.17, 15) is 4.39 Å². The summed E-state index contributed by atoms with van der Waals surface area (Å²) in [6.45, 7) is 1.66. The lowest BCUT2D eigenvalue weighted by Gasteiger charge is -2.39. The summed E-state index contributed by atoms with van der Waals surface area (Å²) >= 11 is 8.01. The van der Waals surface area contributed by atoms with E-state index in [4.69, 9.17) is 12.2 Å². The van der Waals surface area contributed by atoms with E-state index in [-0.39, 0.29) is 11.9 Å². The number of halogens is 2. The van der Waals surface area contributed by atoms with Crippen LogP contribution < -0.4 is 5.32 Å². The van der Waals surface area contributed by atoms with E-state index >= 15 is 0 Å². The number of rotatable bonds is 2. The Kier molecular flexibility index (Phi) is 4.95. The van der Waals surface area contributed by atoms with Crippen molar-refractivity contribution < 1.29 is 4.39 Å². The van der Waals surface area contributed by atoms with Gasteiger partial charge >= 0.3 is 0 Å². The van der Waals surface area contributed by atoms with Gasteiger partial charge in [-0.25, -0.2) is 4.39 Å². The topological polar surface area (TPSA) is 20.2 Å². The summed E-state index contributed by atoms with van der Waals surface area (Å²) in [7, 11) is 0. The van der Waals surface area contributed by atoms with Gasteiger partial charge in [0, 0.05) is 34.2 Å². The van der Waals surface area contributed by atoms with Gasteiger partial charge in [0.15, 0.2) is 5.11 Å². The first-order chi connectivity index (χ1) is 12.6. The second-order valence-corrected chi connectivity index (χ2v) is 7.84. The molecule has 0 amide bonds. The maximum Gasteiger partial charge on any atom is 0.174 e. The number of nitrogens with zero attached hydrogens (tertiary/aromatic N) is 2. The molecule has 2 heterocycles. The first-order valence-corrected chi connectivity index (χ1v) is 9.84. The first-order valence-electron chi connectivity index (χ1n) is 8.35. The molecule has 0 fully saturated rings. The van der Waals surface area contributed by atoms with Crippen LogP contribution in [-0.2, 0) is 6.54 Å². The Morgan fingerprint density at radius 3 is 2.50 bits per heavy atom. The third kappa shape index (κ3) is 3.48. The van der Waals surface area contributed by atoms with Crippen LogP contribution in [0.5, 0.6) is 0 Å². The van der Waals surface area contributed by atoms with E-state index in [0.717, 1.165) is 30.0 Å². The molecule has 2 aromatic carbocycles. The molecule has 4 rings (SSSR count). The number of nitrogens with one attached hydrogen (secondary N) is 1. The van der Waals surface area contributed by atoms with Gasteiger partial charge in [-0.3, -0.25) is 0 Å². The number of benzene rings is 2. The van der Waals surface area contributed by atoms with Gasteiger partial charge in [0.05, 0.1) is 6.04 Å². The molecular weight excluding hydrogens is 460 g/mol. The molecule has 1 aromatic heterocycles. The molecule has 132 valence electrons. The van der Waals surface area contributed by atoms with Crippen molar-refractivity contribution >= 4 is 45.6 Å². The van der Waals surface area contributed by atoms with Gasteiger partial charge < -0.3 is 14.8 Å². The van der Waals surface area contributed by atoms with Crippen molar-refractivity contribution in [2.24, 2.45) is 0 Å². The molecule has 0 saturated carbocycles. The zero-order valence-electron chi connectivity index (χ0n) is 13.9. The zero-order chi connectivity index (χ0) is 18.1. The van der Waals surface area contributed by atoms with Crippen molar-refractivity contribution in [3.8, 4) is 0 Å². The average Bonchev–Trinajstić information content (AvgIpc) is 3.12. The van der Waals surface area contributed by atoms with Crippen molar-refractivity contribution in [2.75, 3.05) is 11.9 Å². The van der Waals surface area contributed by atoms with Gasteiger partial charge in [0.1, 0.15) is 5.82 Å². The highest BCUT2D eigenvalue weighted by molar-refractivity contribution is 14.1. The summed E-state index contributed by atoms with van der Waals surface area (Å²) in [4.78, 5) is 2.18. The fourth-order valence-corrected chi connectivity index (χ4v) is 4.00. The van der Waals surface area contributed by atoms with Crippen LogP contribution in [0.2, 0.25) is 0 Å². The number of hydrogen-bond acceptors (Lipinski definition) is 1. The molecule has 26 heavy (non-hydrogen) atoms. The monoisotopic (exact) mass is 477 g/mol. The maximum absolute atomic E-state index is 13.4. The van der Waals surface area contributed by atoms with E-state index in [1.165, 1.54) is 15.7 Å². The summed E-state index contributed by atoms with van der Waals surface area (Å²) in [6, 6.07) is 18.9. The lowest BCUT2D eigenvalue weighted by Crippen LogP contribution is -2.44. The van der Waals surface area contributed by atoms with Crippen LogP contribution in [0.15, 0.2) is 66.9 Å². The van der Waals surface area contributed by atoms with E-state index < -0.39 is 0 Å². The van der Waals surface area contributed by atoms with Crippen molar-refractivity contribution in [3.63, 3.8) is 0 Å². The summed E-state index contributed by atoms with van der Waals surface area (Å²) in [5.41, 5.74) is 3.15. The SMILES string of the molecule is Fc1ccc(C2c3cccn3CCN2C(=S)Nc2ccc(I)cc2)cc1. The smallest absolute Gasteiger partial charge is 0.174 e. The van der Waals surface area contributed by atoms with Crippen LogP contribution in [0.1, 0.15) is 17.3 Å². The maximum atomic E-state index is 13.4. The number of thiocarbonyl (C=S) groups is 1. The molecule has 1 N–H and O–H groups in total. The van der Waals surface area contributed by atoms with Crippen LogP contribution >= 0.6 is 34.8 Å². The normalized spacial score (nSPS) is 16.2. The predicted molar refractivity (Wildman–Crippen MR) is 115 cm³/mol. The minimum atomic E-state index is -0.230. The largest absolute Gasteiger partial charge is 0.348 e. The lowest BCUT2D eigenvalue weighted by atomic mass is 10.0. The summed E-state index contributed by atoms with van der Waals surface area (Å²) in [6.07, 6.45) is 2.08. The van der Waals surface area contributed by atoms with E-state index in [1.807, 2.05) is 42.5 Å². The number of fused-ring (bicyclic) bond motifs is 1. The van der Waals surface area contributed by atoms with E-state index in [2.05, 4.69) is 49.6 Å². The van der Waals surface area contributed by atoms with Crippen LogP contribution in [-0.4, -0.2) is 21.1 Å². The van der Waals surface area contributed by atoms with Gasteiger partial charge in [0.25, 0.3) is 0 Å². The third-order valence-electron chi connectivity index (χ3n) is 4.58. The Morgan fingerprint density at radius 2 is 1.77 bits per heavy atom. The second kappa shape index (κ2) is 7.36. The molecule has 6 heteroatoms.